The first-order valence-corrected chi connectivity index (χ1v) is 14.4. The molecule has 0 saturated carbocycles. The second-order valence-electron chi connectivity index (χ2n) is 9.28. The topological polar surface area (TPSA) is 95.5 Å². The summed E-state index contributed by atoms with van der Waals surface area (Å²) in [6, 6.07) is 19.6. The maximum absolute atomic E-state index is 13.7. The smallest absolute Gasteiger partial charge is 0.243 e. The zero-order chi connectivity index (χ0) is 26.0. The number of anilines is 1. The number of piperazine rings is 1. The van der Waals surface area contributed by atoms with E-state index in [2.05, 4.69) is 50.4 Å². The quantitative estimate of drug-likeness (QED) is 0.389. The number of benzene rings is 3. The highest BCUT2D eigenvalue weighted by Crippen LogP contribution is 2.25. The van der Waals surface area contributed by atoms with Crippen LogP contribution in [0.2, 0.25) is 0 Å². The summed E-state index contributed by atoms with van der Waals surface area (Å²) in [6.45, 7) is 6.62. The first-order chi connectivity index (χ1) is 17.8. The lowest BCUT2D eigenvalue weighted by Gasteiger charge is -2.38. The van der Waals surface area contributed by atoms with Crippen molar-refractivity contribution in [2.24, 2.45) is 0 Å². The normalized spacial score (nSPS) is 15.2. The van der Waals surface area contributed by atoms with Crippen LogP contribution < -0.4 is 9.62 Å². The first kappa shape index (κ1) is 25.3. The van der Waals surface area contributed by atoms with Gasteiger partial charge in [0, 0.05) is 31.9 Å². The minimum Gasteiger partial charge on any atom is -0.368 e. The Hall–Kier alpha value is -3.34. The van der Waals surface area contributed by atoms with Gasteiger partial charge in [-0.25, -0.2) is 8.42 Å². The van der Waals surface area contributed by atoms with Gasteiger partial charge < -0.3 is 9.80 Å². The predicted molar refractivity (Wildman–Crippen MR) is 146 cm³/mol. The summed E-state index contributed by atoms with van der Waals surface area (Å²) < 4.78 is 38.0. The molecule has 1 saturated heterocycles. The third-order valence-electron chi connectivity index (χ3n) is 6.92. The van der Waals surface area contributed by atoms with E-state index < -0.39 is 16.1 Å². The van der Waals surface area contributed by atoms with Gasteiger partial charge in [0.05, 0.1) is 11.7 Å². The summed E-state index contributed by atoms with van der Waals surface area (Å²) >= 11 is 0.962. The molecule has 1 amide bonds. The Morgan fingerprint density at radius 3 is 2.43 bits per heavy atom. The summed E-state index contributed by atoms with van der Waals surface area (Å²) in [5.74, 6) is -0.225. The van der Waals surface area contributed by atoms with Crippen LogP contribution in [0.4, 0.5) is 5.69 Å². The van der Waals surface area contributed by atoms with Gasteiger partial charge in [-0.05, 0) is 55.2 Å². The molecule has 1 fully saturated rings. The van der Waals surface area contributed by atoms with Crippen molar-refractivity contribution >= 4 is 44.4 Å². The zero-order valence-corrected chi connectivity index (χ0v) is 22.4. The Kier molecular flexibility index (Phi) is 7.23. The van der Waals surface area contributed by atoms with Crippen LogP contribution in [0, 0.1) is 13.8 Å². The van der Waals surface area contributed by atoms with E-state index in [1.54, 1.807) is 17.0 Å². The number of hydrogen-bond donors (Lipinski definition) is 1. The highest BCUT2D eigenvalue weighted by atomic mass is 32.2. The van der Waals surface area contributed by atoms with E-state index >= 15 is 0 Å². The minimum atomic E-state index is -4.03. The predicted octanol–water partition coefficient (Wildman–Crippen LogP) is 3.55. The third-order valence-corrected chi connectivity index (χ3v) is 8.97. The molecule has 37 heavy (non-hydrogen) atoms. The fraction of sp³-hybridized carbons (Fsp3) is 0.296. The molecule has 1 unspecified atom stereocenters. The SMILES string of the molecule is Cc1cccc(N2CCN(C(=O)C(Cc3ccccc3)NS(=O)(=O)c3cccc4nsnc34)CC2)c1C. The van der Waals surface area contributed by atoms with Gasteiger partial charge >= 0.3 is 0 Å². The lowest BCUT2D eigenvalue weighted by Crippen LogP contribution is -2.55. The van der Waals surface area contributed by atoms with Gasteiger partial charge in [0.25, 0.3) is 0 Å². The molecule has 0 aliphatic carbocycles. The van der Waals surface area contributed by atoms with E-state index in [4.69, 9.17) is 0 Å². The Balaban J connectivity index is 1.37. The molecule has 1 aromatic heterocycles. The van der Waals surface area contributed by atoms with E-state index in [1.807, 2.05) is 30.3 Å². The van der Waals surface area contributed by atoms with Crippen molar-refractivity contribution in [3.05, 3.63) is 83.4 Å². The van der Waals surface area contributed by atoms with Crippen LogP contribution in [0.1, 0.15) is 16.7 Å². The van der Waals surface area contributed by atoms with E-state index in [0.717, 1.165) is 17.3 Å². The number of sulfonamides is 1. The van der Waals surface area contributed by atoms with Gasteiger partial charge in [0.1, 0.15) is 22.0 Å². The van der Waals surface area contributed by atoms with Crippen LogP contribution in [0.3, 0.4) is 0 Å². The number of fused-ring (bicyclic) bond motifs is 1. The molecule has 1 aliphatic rings. The van der Waals surface area contributed by atoms with Gasteiger partial charge in [-0.1, -0.05) is 48.5 Å². The number of hydrogen-bond acceptors (Lipinski definition) is 7. The summed E-state index contributed by atoms with van der Waals surface area (Å²) in [5.41, 5.74) is 5.36. The zero-order valence-electron chi connectivity index (χ0n) is 20.8. The molecular formula is C27H29N5O3S2. The lowest BCUT2D eigenvalue weighted by atomic mass is 10.0. The van der Waals surface area contributed by atoms with Crippen LogP contribution in [-0.4, -0.2) is 60.2 Å². The number of amides is 1. The van der Waals surface area contributed by atoms with Gasteiger partial charge in [-0.15, -0.1) is 0 Å². The highest BCUT2D eigenvalue weighted by Gasteiger charge is 2.32. The van der Waals surface area contributed by atoms with Crippen LogP contribution in [0.15, 0.2) is 71.6 Å². The number of aromatic nitrogens is 2. The largest absolute Gasteiger partial charge is 0.368 e. The summed E-state index contributed by atoms with van der Waals surface area (Å²) in [6.07, 6.45) is 0.251. The van der Waals surface area contributed by atoms with Crippen molar-refractivity contribution < 1.29 is 13.2 Å². The fourth-order valence-electron chi connectivity index (χ4n) is 4.74. The van der Waals surface area contributed by atoms with E-state index in [1.165, 1.54) is 22.9 Å². The molecule has 10 heteroatoms. The molecule has 1 atom stereocenters. The fourth-order valence-corrected chi connectivity index (χ4v) is 6.70. The molecule has 2 heterocycles. The van der Waals surface area contributed by atoms with Crippen LogP contribution in [0.25, 0.3) is 11.0 Å². The molecule has 4 aromatic rings. The Labute approximate surface area is 221 Å². The van der Waals surface area contributed by atoms with Crippen molar-refractivity contribution in [2.75, 3.05) is 31.1 Å². The number of rotatable bonds is 7. The second kappa shape index (κ2) is 10.6. The Morgan fingerprint density at radius 2 is 1.68 bits per heavy atom. The molecule has 0 spiro atoms. The Morgan fingerprint density at radius 1 is 0.946 bits per heavy atom. The van der Waals surface area contributed by atoms with Crippen LogP contribution in [0.5, 0.6) is 0 Å². The summed E-state index contributed by atoms with van der Waals surface area (Å²) in [4.78, 5) is 17.8. The lowest BCUT2D eigenvalue weighted by molar-refractivity contribution is -0.133. The van der Waals surface area contributed by atoms with Gasteiger partial charge in [-0.3, -0.25) is 4.79 Å². The monoisotopic (exact) mass is 535 g/mol. The average Bonchev–Trinajstić information content (AvgIpc) is 3.39. The average molecular weight is 536 g/mol. The van der Waals surface area contributed by atoms with Crippen molar-refractivity contribution in [3.63, 3.8) is 0 Å². The molecule has 5 rings (SSSR count). The molecule has 0 radical (unpaired) electrons. The second-order valence-corrected chi connectivity index (χ2v) is 11.5. The standard InChI is InChI=1S/C27H29N5O3S2/c1-19-8-6-12-24(20(19)2)31-14-16-32(17-15-31)27(33)23(18-21-9-4-3-5-10-21)30-37(34,35)25-13-7-11-22-26(25)29-36-28-22/h3-13,23,30H,14-18H2,1-2H3. The molecule has 8 nitrogen and oxygen atoms in total. The van der Waals surface area contributed by atoms with Crippen molar-refractivity contribution in [1.82, 2.24) is 18.4 Å². The molecule has 192 valence electrons. The van der Waals surface area contributed by atoms with Crippen LogP contribution in [-0.2, 0) is 21.2 Å². The molecule has 1 aliphatic heterocycles. The molecule has 0 bridgehead atoms. The van der Waals surface area contributed by atoms with E-state index in [9.17, 15) is 13.2 Å². The van der Waals surface area contributed by atoms with Gasteiger partial charge in [-0.2, -0.15) is 13.5 Å². The molecule has 3 aromatic carbocycles. The number of carbonyl (C=O) groups is 1. The third kappa shape index (κ3) is 5.36. The first-order valence-electron chi connectivity index (χ1n) is 12.2. The van der Waals surface area contributed by atoms with E-state index in [-0.39, 0.29) is 17.2 Å². The van der Waals surface area contributed by atoms with Crippen LogP contribution >= 0.6 is 11.7 Å². The Bertz CT molecular complexity index is 1510. The molecule has 1 N–H and O–H groups in total. The molecular weight excluding hydrogens is 506 g/mol. The minimum absolute atomic E-state index is 0.0318. The van der Waals surface area contributed by atoms with Crippen molar-refractivity contribution in [2.45, 2.75) is 31.2 Å². The van der Waals surface area contributed by atoms with Crippen molar-refractivity contribution in [3.8, 4) is 0 Å². The van der Waals surface area contributed by atoms with Gasteiger partial charge in [0.2, 0.25) is 15.9 Å². The summed E-state index contributed by atoms with van der Waals surface area (Å²) in [7, 11) is -4.03. The maximum atomic E-state index is 13.7. The maximum Gasteiger partial charge on any atom is 0.243 e. The number of aryl methyl sites for hydroxylation is 1. The number of nitrogens with one attached hydrogen (secondary N) is 1. The summed E-state index contributed by atoms with van der Waals surface area (Å²) in [5, 5.41) is 0. The van der Waals surface area contributed by atoms with Gasteiger partial charge in [0.15, 0.2) is 0 Å². The highest BCUT2D eigenvalue weighted by molar-refractivity contribution is 7.89. The van der Waals surface area contributed by atoms with Crippen molar-refractivity contribution in [1.29, 1.82) is 0 Å². The number of carbonyl (C=O) groups excluding carboxylic acids is 1. The number of nitrogens with zero attached hydrogens (tertiary/aromatic N) is 4. The van der Waals surface area contributed by atoms with E-state index in [0.29, 0.717) is 37.2 Å².